The number of nitrogens with zero attached hydrogens (tertiary/aromatic N) is 1. The summed E-state index contributed by atoms with van der Waals surface area (Å²) in [5.41, 5.74) is -1.16. The molecule has 0 unspecified atom stereocenters. The molecule has 0 aromatic rings. The van der Waals surface area contributed by atoms with E-state index in [1.54, 1.807) is 27.7 Å². The second-order valence-electron chi connectivity index (χ2n) is 8.10. The van der Waals surface area contributed by atoms with E-state index in [0.717, 1.165) is 6.42 Å². The van der Waals surface area contributed by atoms with E-state index in [0.29, 0.717) is 25.8 Å². The van der Waals surface area contributed by atoms with Gasteiger partial charge in [-0.25, -0.2) is 9.59 Å². The van der Waals surface area contributed by atoms with Crippen molar-refractivity contribution in [3.63, 3.8) is 0 Å². The summed E-state index contributed by atoms with van der Waals surface area (Å²) in [6.07, 6.45) is 0.986. The first-order valence-electron chi connectivity index (χ1n) is 9.52. The number of carbonyl (C=O) groups is 3. The molecule has 28 heavy (non-hydrogen) atoms. The van der Waals surface area contributed by atoms with E-state index in [4.69, 9.17) is 14.2 Å². The summed E-state index contributed by atoms with van der Waals surface area (Å²) in [6, 6.07) is 0. The summed E-state index contributed by atoms with van der Waals surface area (Å²) in [4.78, 5) is 39.3. The lowest BCUT2D eigenvalue weighted by Crippen LogP contribution is -2.46. The Kier molecular flexibility index (Phi) is 11.2. The van der Waals surface area contributed by atoms with Gasteiger partial charge in [-0.1, -0.05) is 6.42 Å². The number of alkyl carbamates (subject to hydrolysis) is 2. The quantitative estimate of drug-likeness (QED) is 0.222. The molecule has 2 N–H and O–H groups in total. The Morgan fingerprint density at radius 2 is 1.39 bits per heavy atom. The van der Waals surface area contributed by atoms with Gasteiger partial charge in [-0.2, -0.15) is 0 Å². The standard InChI is InChI=1S/C19H35N3O6/c1-8-26-16(24)21-15(22-17(25)28-19(5,6)7)20-13-11-9-10-12-14(23)27-18(2,3)4/h8-13H2,1-7H3,(H2,20,21,22,24,25). The molecule has 0 aromatic carbocycles. The highest BCUT2D eigenvalue weighted by Gasteiger charge is 2.18. The Labute approximate surface area is 167 Å². The maximum Gasteiger partial charge on any atom is 0.414 e. The van der Waals surface area contributed by atoms with Crippen molar-refractivity contribution in [3.8, 4) is 0 Å². The topological polar surface area (TPSA) is 115 Å². The molecular formula is C19H35N3O6. The van der Waals surface area contributed by atoms with Gasteiger partial charge in [-0.15, -0.1) is 0 Å². The van der Waals surface area contributed by atoms with Crippen LogP contribution >= 0.6 is 0 Å². The highest BCUT2D eigenvalue weighted by molar-refractivity contribution is 6.01. The molecule has 0 aliphatic heterocycles. The molecule has 2 amide bonds. The van der Waals surface area contributed by atoms with Crippen molar-refractivity contribution in [3.05, 3.63) is 0 Å². The third-order valence-electron chi connectivity index (χ3n) is 2.84. The monoisotopic (exact) mass is 401 g/mol. The summed E-state index contributed by atoms with van der Waals surface area (Å²) >= 11 is 0. The molecule has 0 aliphatic rings. The zero-order valence-electron chi connectivity index (χ0n) is 18.1. The zero-order valence-corrected chi connectivity index (χ0v) is 18.1. The predicted octanol–water partition coefficient (Wildman–Crippen LogP) is 3.52. The molecule has 0 saturated heterocycles. The van der Waals surface area contributed by atoms with E-state index < -0.39 is 23.4 Å². The predicted molar refractivity (Wildman–Crippen MR) is 106 cm³/mol. The lowest BCUT2D eigenvalue weighted by Gasteiger charge is -2.20. The molecular weight excluding hydrogens is 366 g/mol. The lowest BCUT2D eigenvalue weighted by atomic mass is 10.1. The van der Waals surface area contributed by atoms with Crippen LogP contribution in [-0.4, -0.2) is 48.5 Å². The Hall–Kier alpha value is -2.32. The number of aliphatic imine (C=N–C) groups is 1. The van der Waals surface area contributed by atoms with E-state index >= 15 is 0 Å². The second kappa shape index (κ2) is 12.2. The Balaban J connectivity index is 4.47. The second-order valence-corrected chi connectivity index (χ2v) is 8.10. The van der Waals surface area contributed by atoms with Crippen LogP contribution in [0.25, 0.3) is 0 Å². The first kappa shape index (κ1) is 25.7. The maximum absolute atomic E-state index is 11.9. The molecule has 0 atom stereocenters. The zero-order chi connectivity index (χ0) is 21.8. The number of amides is 2. The average Bonchev–Trinajstić information content (AvgIpc) is 2.46. The van der Waals surface area contributed by atoms with E-state index in [1.807, 2.05) is 20.8 Å². The molecule has 0 fully saturated rings. The van der Waals surface area contributed by atoms with Crippen LogP contribution in [0.3, 0.4) is 0 Å². The average molecular weight is 402 g/mol. The van der Waals surface area contributed by atoms with Crippen LogP contribution in [0.4, 0.5) is 9.59 Å². The van der Waals surface area contributed by atoms with Crippen LogP contribution in [0, 0.1) is 0 Å². The summed E-state index contributed by atoms with van der Waals surface area (Å²) in [7, 11) is 0. The molecule has 162 valence electrons. The highest BCUT2D eigenvalue weighted by Crippen LogP contribution is 2.10. The highest BCUT2D eigenvalue weighted by atomic mass is 16.6. The molecule has 0 bridgehead atoms. The SMILES string of the molecule is CCOC(=O)NC(=NCCCCCC(=O)OC(C)(C)C)NC(=O)OC(C)(C)C. The largest absolute Gasteiger partial charge is 0.460 e. The fourth-order valence-electron chi connectivity index (χ4n) is 1.92. The van der Waals surface area contributed by atoms with Gasteiger partial charge in [0.15, 0.2) is 0 Å². The van der Waals surface area contributed by atoms with Gasteiger partial charge in [0.2, 0.25) is 5.96 Å². The smallest absolute Gasteiger partial charge is 0.414 e. The van der Waals surface area contributed by atoms with Gasteiger partial charge in [0.25, 0.3) is 0 Å². The normalized spacial score (nSPS) is 12.2. The van der Waals surface area contributed by atoms with E-state index in [1.165, 1.54) is 0 Å². The summed E-state index contributed by atoms with van der Waals surface area (Å²) in [5.74, 6) is -0.271. The molecule has 0 aliphatic carbocycles. The molecule has 0 heterocycles. The fraction of sp³-hybridized carbons (Fsp3) is 0.789. The number of carbonyl (C=O) groups excluding carboxylic acids is 3. The Morgan fingerprint density at radius 1 is 0.821 bits per heavy atom. The third-order valence-corrected chi connectivity index (χ3v) is 2.84. The van der Waals surface area contributed by atoms with Crippen molar-refractivity contribution in [2.75, 3.05) is 13.2 Å². The summed E-state index contributed by atoms with van der Waals surface area (Å²) < 4.78 is 15.2. The summed E-state index contributed by atoms with van der Waals surface area (Å²) in [6.45, 7) is 12.9. The van der Waals surface area contributed by atoms with Crippen molar-refractivity contribution >= 4 is 24.1 Å². The number of hydrogen-bond acceptors (Lipinski definition) is 7. The number of rotatable bonds is 7. The van der Waals surface area contributed by atoms with Crippen molar-refractivity contribution in [1.82, 2.24) is 10.6 Å². The van der Waals surface area contributed by atoms with Crippen LogP contribution in [0.15, 0.2) is 4.99 Å². The van der Waals surface area contributed by atoms with Gasteiger partial charge in [-0.3, -0.25) is 20.4 Å². The van der Waals surface area contributed by atoms with Crippen molar-refractivity contribution in [1.29, 1.82) is 0 Å². The molecule has 0 saturated carbocycles. The first-order valence-corrected chi connectivity index (χ1v) is 9.52. The van der Waals surface area contributed by atoms with Gasteiger partial charge in [0.05, 0.1) is 6.61 Å². The fourth-order valence-corrected chi connectivity index (χ4v) is 1.92. The molecule has 0 radical (unpaired) electrons. The van der Waals surface area contributed by atoms with Gasteiger partial charge in [0.1, 0.15) is 11.2 Å². The molecule has 0 aromatic heterocycles. The van der Waals surface area contributed by atoms with Crippen molar-refractivity contribution in [2.24, 2.45) is 4.99 Å². The number of hydrogen-bond donors (Lipinski definition) is 2. The third kappa shape index (κ3) is 15.9. The van der Waals surface area contributed by atoms with Crippen LogP contribution in [0.1, 0.15) is 74.1 Å². The van der Waals surface area contributed by atoms with Crippen molar-refractivity contribution < 1.29 is 28.6 Å². The Bertz CT molecular complexity index is 547. The Morgan fingerprint density at radius 3 is 1.93 bits per heavy atom. The van der Waals surface area contributed by atoms with Crippen LogP contribution in [0.5, 0.6) is 0 Å². The van der Waals surface area contributed by atoms with Gasteiger partial charge in [0, 0.05) is 13.0 Å². The van der Waals surface area contributed by atoms with Gasteiger partial charge in [-0.05, 0) is 61.3 Å². The number of unbranched alkanes of at least 4 members (excludes halogenated alkanes) is 2. The molecule has 0 spiro atoms. The summed E-state index contributed by atoms with van der Waals surface area (Å²) in [5, 5.41) is 4.77. The van der Waals surface area contributed by atoms with E-state index in [9.17, 15) is 14.4 Å². The van der Waals surface area contributed by atoms with Gasteiger partial charge >= 0.3 is 18.2 Å². The molecule has 9 nitrogen and oxygen atoms in total. The van der Waals surface area contributed by atoms with Gasteiger partial charge < -0.3 is 14.2 Å². The van der Waals surface area contributed by atoms with Crippen LogP contribution in [-0.2, 0) is 19.0 Å². The molecule has 0 rings (SSSR count). The minimum absolute atomic E-state index is 0.0418. The van der Waals surface area contributed by atoms with Crippen LogP contribution < -0.4 is 10.6 Å². The van der Waals surface area contributed by atoms with Crippen molar-refractivity contribution in [2.45, 2.75) is 85.4 Å². The number of esters is 1. The number of nitrogens with one attached hydrogen (secondary N) is 2. The maximum atomic E-state index is 11.9. The van der Waals surface area contributed by atoms with E-state index in [-0.39, 0.29) is 18.5 Å². The lowest BCUT2D eigenvalue weighted by molar-refractivity contribution is -0.154. The molecule has 9 heteroatoms. The minimum Gasteiger partial charge on any atom is -0.460 e. The number of guanidine groups is 1. The first-order chi connectivity index (χ1) is 12.8. The number of ether oxygens (including phenoxy) is 3. The minimum atomic E-state index is -0.729. The van der Waals surface area contributed by atoms with E-state index in [2.05, 4.69) is 15.6 Å². The van der Waals surface area contributed by atoms with Crippen LogP contribution in [0.2, 0.25) is 0 Å².